The van der Waals surface area contributed by atoms with E-state index in [1.807, 2.05) is 6.92 Å². The van der Waals surface area contributed by atoms with Gasteiger partial charge >= 0.3 is 0 Å². The van der Waals surface area contributed by atoms with E-state index in [-0.39, 0.29) is 17.5 Å². The molecule has 0 saturated carbocycles. The van der Waals surface area contributed by atoms with Gasteiger partial charge < -0.3 is 15.2 Å². The Hall–Kier alpha value is -2.67. The number of hydrogen-bond acceptors (Lipinski definition) is 6. The third-order valence-electron chi connectivity index (χ3n) is 2.86. The minimum Gasteiger partial charge on any atom is -0.493 e. The van der Waals surface area contributed by atoms with E-state index in [0.29, 0.717) is 11.6 Å². The largest absolute Gasteiger partial charge is 0.493 e. The lowest BCUT2D eigenvalue weighted by atomic mass is 10.2. The number of nitro benzene ring substituents is 1. The lowest BCUT2D eigenvalue weighted by Crippen LogP contribution is -2.05. The van der Waals surface area contributed by atoms with Gasteiger partial charge in [0, 0.05) is 24.4 Å². The molecule has 0 saturated heterocycles. The lowest BCUT2D eigenvalue weighted by Gasteiger charge is -2.10. The average molecular weight is 289 g/mol. The standard InChI is InChI=1S/C14H15N3O4/c1-9(15)10-3-6-14(16-8-10)21-13-7-11(17(18)19)4-5-12(13)20-2/h3-9H,15H2,1-2H3. The monoisotopic (exact) mass is 289 g/mol. The van der Waals surface area contributed by atoms with Crippen LogP contribution in [0.3, 0.4) is 0 Å². The number of hydrogen-bond donors (Lipinski definition) is 1. The highest BCUT2D eigenvalue weighted by Crippen LogP contribution is 2.34. The Morgan fingerprint density at radius 3 is 2.57 bits per heavy atom. The molecule has 0 aliphatic heterocycles. The molecule has 7 nitrogen and oxygen atoms in total. The number of benzene rings is 1. The molecule has 1 aromatic heterocycles. The second-order valence-corrected chi connectivity index (χ2v) is 4.41. The fourth-order valence-corrected chi connectivity index (χ4v) is 1.69. The molecule has 0 aliphatic rings. The van der Waals surface area contributed by atoms with Crippen LogP contribution in [0.15, 0.2) is 36.5 Å². The third-order valence-corrected chi connectivity index (χ3v) is 2.86. The molecule has 0 amide bonds. The van der Waals surface area contributed by atoms with Crippen LogP contribution in [0.4, 0.5) is 5.69 Å². The molecule has 7 heteroatoms. The van der Waals surface area contributed by atoms with Gasteiger partial charge in [0.2, 0.25) is 5.88 Å². The molecule has 2 rings (SSSR count). The van der Waals surface area contributed by atoms with E-state index >= 15 is 0 Å². The van der Waals surface area contributed by atoms with Crippen molar-refractivity contribution in [1.82, 2.24) is 4.98 Å². The zero-order valence-corrected chi connectivity index (χ0v) is 11.6. The SMILES string of the molecule is COc1ccc([N+](=O)[O-])cc1Oc1ccc(C(C)N)cn1. The van der Waals surface area contributed by atoms with Crippen LogP contribution >= 0.6 is 0 Å². The number of rotatable bonds is 5. The van der Waals surface area contributed by atoms with Gasteiger partial charge in [-0.2, -0.15) is 0 Å². The molecule has 0 spiro atoms. The molecule has 1 atom stereocenters. The first-order valence-electron chi connectivity index (χ1n) is 6.23. The molecular weight excluding hydrogens is 274 g/mol. The van der Waals surface area contributed by atoms with Crippen LogP contribution in [0.5, 0.6) is 17.4 Å². The number of pyridine rings is 1. The minimum absolute atomic E-state index is 0.0852. The van der Waals surface area contributed by atoms with Gasteiger partial charge in [-0.15, -0.1) is 0 Å². The summed E-state index contributed by atoms with van der Waals surface area (Å²) in [7, 11) is 1.46. The Morgan fingerprint density at radius 1 is 1.29 bits per heavy atom. The highest BCUT2D eigenvalue weighted by atomic mass is 16.6. The van der Waals surface area contributed by atoms with Crippen LogP contribution in [0.2, 0.25) is 0 Å². The fraction of sp³-hybridized carbons (Fsp3) is 0.214. The van der Waals surface area contributed by atoms with Gasteiger partial charge in [0.1, 0.15) is 0 Å². The first-order chi connectivity index (χ1) is 10.0. The summed E-state index contributed by atoms with van der Waals surface area (Å²) in [6, 6.07) is 7.43. The normalized spacial score (nSPS) is 11.8. The van der Waals surface area contributed by atoms with Crippen molar-refractivity contribution in [3.63, 3.8) is 0 Å². The van der Waals surface area contributed by atoms with Crippen molar-refractivity contribution >= 4 is 5.69 Å². The Kier molecular flexibility index (Phi) is 4.34. The van der Waals surface area contributed by atoms with Crippen LogP contribution in [-0.4, -0.2) is 17.0 Å². The maximum absolute atomic E-state index is 10.8. The topological polar surface area (TPSA) is 101 Å². The Balaban J connectivity index is 2.29. The summed E-state index contributed by atoms with van der Waals surface area (Å²) >= 11 is 0. The van der Waals surface area contributed by atoms with E-state index in [1.165, 1.54) is 25.3 Å². The van der Waals surface area contributed by atoms with Crippen molar-refractivity contribution < 1.29 is 14.4 Å². The first kappa shape index (κ1) is 14.7. The number of ether oxygens (including phenoxy) is 2. The van der Waals surface area contributed by atoms with Crippen molar-refractivity contribution in [3.05, 3.63) is 52.2 Å². The van der Waals surface area contributed by atoms with E-state index < -0.39 is 4.92 Å². The Bertz CT molecular complexity index is 641. The summed E-state index contributed by atoms with van der Waals surface area (Å²) in [6.07, 6.45) is 1.60. The predicted octanol–water partition coefficient (Wildman–Crippen LogP) is 2.81. The molecule has 1 aromatic carbocycles. The molecule has 0 radical (unpaired) electrons. The number of nitrogens with two attached hydrogens (primary N) is 1. The van der Waals surface area contributed by atoms with Crippen LogP contribution in [0, 0.1) is 10.1 Å². The van der Waals surface area contributed by atoms with Crippen molar-refractivity contribution in [3.8, 4) is 17.4 Å². The van der Waals surface area contributed by atoms with Gasteiger partial charge in [-0.05, 0) is 18.6 Å². The third kappa shape index (κ3) is 3.46. The summed E-state index contributed by atoms with van der Waals surface area (Å²) in [5.74, 6) is 0.921. The van der Waals surface area contributed by atoms with E-state index in [0.717, 1.165) is 5.56 Å². The maximum Gasteiger partial charge on any atom is 0.273 e. The van der Waals surface area contributed by atoms with E-state index in [2.05, 4.69) is 4.98 Å². The lowest BCUT2D eigenvalue weighted by molar-refractivity contribution is -0.384. The molecule has 1 heterocycles. The van der Waals surface area contributed by atoms with Crippen molar-refractivity contribution in [2.75, 3.05) is 7.11 Å². The summed E-state index contributed by atoms with van der Waals surface area (Å²) in [5, 5.41) is 10.8. The highest BCUT2D eigenvalue weighted by Gasteiger charge is 2.13. The molecule has 1 unspecified atom stereocenters. The van der Waals surface area contributed by atoms with Gasteiger partial charge in [0.05, 0.1) is 18.1 Å². The second-order valence-electron chi connectivity index (χ2n) is 4.41. The quantitative estimate of drug-likeness (QED) is 0.671. The number of nitrogens with zero attached hydrogens (tertiary/aromatic N) is 2. The van der Waals surface area contributed by atoms with Gasteiger partial charge in [-0.25, -0.2) is 4.98 Å². The molecule has 2 aromatic rings. The van der Waals surface area contributed by atoms with Gasteiger partial charge in [-0.3, -0.25) is 10.1 Å². The maximum atomic E-state index is 10.8. The van der Waals surface area contributed by atoms with Crippen molar-refractivity contribution in [2.24, 2.45) is 5.73 Å². The highest BCUT2D eigenvalue weighted by molar-refractivity contribution is 5.49. The Labute approximate surface area is 121 Å². The molecular formula is C14H15N3O4. The van der Waals surface area contributed by atoms with Crippen LogP contribution < -0.4 is 15.2 Å². The first-order valence-corrected chi connectivity index (χ1v) is 6.23. The Morgan fingerprint density at radius 2 is 2.05 bits per heavy atom. The number of nitro groups is 1. The average Bonchev–Trinajstić information content (AvgIpc) is 2.47. The summed E-state index contributed by atoms with van der Waals surface area (Å²) in [5.41, 5.74) is 6.52. The van der Waals surface area contributed by atoms with Crippen LogP contribution in [0.1, 0.15) is 18.5 Å². The van der Waals surface area contributed by atoms with E-state index in [4.69, 9.17) is 15.2 Å². The number of aromatic nitrogens is 1. The van der Waals surface area contributed by atoms with E-state index in [1.54, 1.807) is 18.3 Å². The van der Waals surface area contributed by atoms with Crippen LogP contribution in [-0.2, 0) is 0 Å². The zero-order chi connectivity index (χ0) is 15.4. The van der Waals surface area contributed by atoms with Gasteiger partial charge in [-0.1, -0.05) is 6.07 Å². The molecule has 0 aliphatic carbocycles. The molecule has 0 fully saturated rings. The molecule has 0 bridgehead atoms. The molecule has 21 heavy (non-hydrogen) atoms. The van der Waals surface area contributed by atoms with Crippen molar-refractivity contribution in [1.29, 1.82) is 0 Å². The molecule has 2 N–H and O–H groups in total. The predicted molar refractivity (Wildman–Crippen MR) is 76.6 cm³/mol. The minimum atomic E-state index is -0.501. The fourth-order valence-electron chi connectivity index (χ4n) is 1.69. The smallest absolute Gasteiger partial charge is 0.273 e. The summed E-state index contributed by atoms with van der Waals surface area (Å²) < 4.78 is 10.7. The van der Waals surface area contributed by atoms with Crippen molar-refractivity contribution in [2.45, 2.75) is 13.0 Å². The summed E-state index contributed by atoms with van der Waals surface area (Å²) in [4.78, 5) is 14.4. The molecule has 110 valence electrons. The van der Waals surface area contributed by atoms with Gasteiger partial charge in [0.25, 0.3) is 5.69 Å². The summed E-state index contributed by atoms with van der Waals surface area (Å²) in [6.45, 7) is 1.85. The van der Waals surface area contributed by atoms with Crippen LogP contribution in [0.25, 0.3) is 0 Å². The second kappa shape index (κ2) is 6.19. The number of methoxy groups -OCH3 is 1. The van der Waals surface area contributed by atoms with E-state index in [9.17, 15) is 10.1 Å². The zero-order valence-electron chi connectivity index (χ0n) is 11.6. The van der Waals surface area contributed by atoms with Gasteiger partial charge in [0.15, 0.2) is 11.5 Å². The number of non-ortho nitro benzene ring substituents is 1.